The van der Waals surface area contributed by atoms with Gasteiger partial charge in [-0.3, -0.25) is 0 Å². The van der Waals surface area contributed by atoms with Crippen molar-refractivity contribution < 1.29 is 13.2 Å². The Hall–Kier alpha value is -1.11. The van der Waals surface area contributed by atoms with Crippen LogP contribution in [0.4, 0.5) is 5.69 Å². The Morgan fingerprint density at radius 3 is 2.42 bits per heavy atom. The van der Waals surface area contributed by atoms with Gasteiger partial charge in [0.15, 0.2) is 0 Å². The third-order valence-electron chi connectivity index (χ3n) is 2.73. The highest BCUT2D eigenvalue weighted by Gasteiger charge is 2.20. The van der Waals surface area contributed by atoms with Crippen molar-refractivity contribution in [3.8, 4) is 0 Å². The number of hydrogen-bond donors (Lipinski definition) is 2. The molecule has 0 aliphatic rings. The van der Waals surface area contributed by atoms with Gasteiger partial charge in [-0.25, -0.2) is 13.1 Å². The monoisotopic (exact) mass is 286 g/mol. The SMILES string of the molecule is Cc1ccc(C)c(S(=O)(=O)NCCOC(C)C)c1N. The normalized spacial score (nSPS) is 12.1. The molecule has 1 aromatic carbocycles. The van der Waals surface area contributed by atoms with Gasteiger partial charge in [-0.2, -0.15) is 0 Å². The second kappa shape index (κ2) is 6.36. The molecule has 0 saturated heterocycles. The van der Waals surface area contributed by atoms with Gasteiger partial charge in [0.25, 0.3) is 0 Å². The summed E-state index contributed by atoms with van der Waals surface area (Å²) in [6.45, 7) is 7.88. The maximum Gasteiger partial charge on any atom is 0.242 e. The average Bonchev–Trinajstić information content (AvgIpc) is 2.29. The third-order valence-corrected chi connectivity index (χ3v) is 4.39. The lowest BCUT2D eigenvalue weighted by molar-refractivity contribution is 0.0834. The smallest absolute Gasteiger partial charge is 0.242 e. The van der Waals surface area contributed by atoms with E-state index < -0.39 is 10.0 Å². The van der Waals surface area contributed by atoms with Gasteiger partial charge in [-0.15, -0.1) is 0 Å². The quantitative estimate of drug-likeness (QED) is 0.614. The number of aryl methyl sites for hydroxylation is 2. The highest BCUT2D eigenvalue weighted by atomic mass is 32.2. The van der Waals surface area contributed by atoms with Gasteiger partial charge in [0.05, 0.1) is 18.4 Å². The summed E-state index contributed by atoms with van der Waals surface area (Å²) in [4.78, 5) is 0.164. The Morgan fingerprint density at radius 1 is 1.26 bits per heavy atom. The fourth-order valence-corrected chi connectivity index (χ4v) is 3.15. The number of anilines is 1. The molecular weight excluding hydrogens is 264 g/mol. The van der Waals surface area contributed by atoms with Gasteiger partial charge in [0, 0.05) is 6.54 Å². The van der Waals surface area contributed by atoms with Crippen molar-refractivity contribution in [3.05, 3.63) is 23.3 Å². The van der Waals surface area contributed by atoms with Crippen molar-refractivity contribution >= 4 is 15.7 Å². The van der Waals surface area contributed by atoms with Crippen molar-refractivity contribution in [3.63, 3.8) is 0 Å². The van der Waals surface area contributed by atoms with Gasteiger partial charge in [0.1, 0.15) is 4.90 Å². The predicted octanol–water partition coefficient (Wildman–Crippen LogP) is 1.59. The zero-order valence-electron chi connectivity index (χ0n) is 11.9. The Kier molecular flexibility index (Phi) is 5.34. The standard InChI is InChI=1S/C13H22N2O3S/c1-9(2)18-8-7-15-19(16,17)13-11(4)6-5-10(3)12(13)14/h5-6,9,15H,7-8,14H2,1-4H3. The first-order chi connectivity index (χ1) is 8.75. The molecular formula is C13H22N2O3S. The summed E-state index contributed by atoms with van der Waals surface area (Å²) < 4.78 is 32.3. The topological polar surface area (TPSA) is 81.4 Å². The molecule has 0 radical (unpaired) electrons. The minimum atomic E-state index is -3.60. The molecule has 19 heavy (non-hydrogen) atoms. The van der Waals surface area contributed by atoms with E-state index in [1.54, 1.807) is 19.9 Å². The maximum atomic E-state index is 12.2. The van der Waals surface area contributed by atoms with Gasteiger partial charge < -0.3 is 10.5 Å². The van der Waals surface area contributed by atoms with Crippen LogP contribution in [0.5, 0.6) is 0 Å². The molecule has 0 atom stereocenters. The highest BCUT2D eigenvalue weighted by Crippen LogP contribution is 2.25. The van der Waals surface area contributed by atoms with Crippen molar-refractivity contribution in [2.24, 2.45) is 0 Å². The van der Waals surface area contributed by atoms with E-state index in [0.717, 1.165) is 5.56 Å². The highest BCUT2D eigenvalue weighted by molar-refractivity contribution is 7.89. The van der Waals surface area contributed by atoms with Crippen LogP contribution in [-0.4, -0.2) is 27.7 Å². The van der Waals surface area contributed by atoms with E-state index in [9.17, 15) is 8.42 Å². The number of benzene rings is 1. The van der Waals surface area contributed by atoms with E-state index in [1.165, 1.54) is 0 Å². The zero-order valence-corrected chi connectivity index (χ0v) is 12.7. The number of nitrogen functional groups attached to an aromatic ring is 1. The Balaban J connectivity index is 2.86. The predicted molar refractivity (Wildman–Crippen MR) is 76.6 cm³/mol. The summed E-state index contributed by atoms with van der Waals surface area (Å²) in [5.74, 6) is 0. The number of rotatable bonds is 6. The van der Waals surface area contributed by atoms with Crippen LogP contribution in [0.15, 0.2) is 17.0 Å². The molecule has 0 bridgehead atoms. The van der Waals surface area contributed by atoms with Crippen LogP contribution in [0, 0.1) is 13.8 Å². The summed E-state index contributed by atoms with van der Waals surface area (Å²) in [6.07, 6.45) is 0.0790. The van der Waals surface area contributed by atoms with Crippen molar-refractivity contribution in [2.75, 3.05) is 18.9 Å². The lowest BCUT2D eigenvalue weighted by Crippen LogP contribution is -2.29. The van der Waals surface area contributed by atoms with E-state index in [1.807, 2.05) is 19.9 Å². The first kappa shape index (κ1) is 15.9. The molecule has 0 fully saturated rings. The zero-order chi connectivity index (χ0) is 14.6. The fourth-order valence-electron chi connectivity index (χ4n) is 1.71. The van der Waals surface area contributed by atoms with E-state index >= 15 is 0 Å². The van der Waals surface area contributed by atoms with Crippen molar-refractivity contribution in [1.29, 1.82) is 0 Å². The van der Waals surface area contributed by atoms with Crippen LogP contribution in [0.2, 0.25) is 0 Å². The molecule has 108 valence electrons. The number of nitrogens with one attached hydrogen (secondary N) is 1. The van der Waals surface area contributed by atoms with Crippen molar-refractivity contribution in [2.45, 2.75) is 38.7 Å². The van der Waals surface area contributed by atoms with E-state index in [4.69, 9.17) is 10.5 Å². The molecule has 3 N–H and O–H groups in total. The second-order valence-corrected chi connectivity index (χ2v) is 6.46. The fraction of sp³-hybridized carbons (Fsp3) is 0.538. The Morgan fingerprint density at radius 2 is 1.84 bits per heavy atom. The van der Waals surface area contributed by atoms with Crippen LogP contribution < -0.4 is 10.5 Å². The summed E-state index contributed by atoms with van der Waals surface area (Å²) in [5.41, 5.74) is 7.57. The molecule has 1 aromatic rings. The summed E-state index contributed by atoms with van der Waals surface area (Å²) in [6, 6.07) is 3.57. The number of sulfonamides is 1. The lowest BCUT2D eigenvalue weighted by Gasteiger charge is -2.14. The van der Waals surface area contributed by atoms with Gasteiger partial charge in [-0.1, -0.05) is 12.1 Å². The van der Waals surface area contributed by atoms with Crippen molar-refractivity contribution in [1.82, 2.24) is 4.72 Å². The van der Waals surface area contributed by atoms with Crippen LogP contribution >= 0.6 is 0 Å². The molecule has 0 aromatic heterocycles. The van der Waals surface area contributed by atoms with Gasteiger partial charge >= 0.3 is 0 Å². The Labute approximate surface area is 115 Å². The van der Waals surface area contributed by atoms with E-state index in [0.29, 0.717) is 17.9 Å². The van der Waals surface area contributed by atoms with E-state index in [-0.39, 0.29) is 17.5 Å². The van der Waals surface area contributed by atoms with Gasteiger partial charge in [0.2, 0.25) is 10.0 Å². The molecule has 6 heteroatoms. The molecule has 0 amide bonds. The first-order valence-electron chi connectivity index (χ1n) is 6.22. The number of ether oxygens (including phenoxy) is 1. The molecule has 0 aliphatic carbocycles. The first-order valence-corrected chi connectivity index (χ1v) is 7.71. The summed E-state index contributed by atoms with van der Waals surface area (Å²) in [7, 11) is -3.60. The summed E-state index contributed by atoms with van der Waals surface area (Å²) in [5, 5.41) is 0. The minimum Gasteiger partial charge on any atom is -0.397 e. The van der Waals surface area contributed by atoms with Gasteiger partial charge in [-0.05, 0) is 38.8 Å². The van der Waals surface area contributed by atoms with E-state index in [2.05, 4.69) is 4.72 Å². The van der Waals surface area contributed by atoms with Crippen LogP contribution in [-0.2, 0) is 14.8 Å². The molecule has 0 heterocycles. The molecule has 0 spiro atoms. The summed E-state index contributed by atoms with van der Waals surface area (Å²) >= 11 is 0. The maximum absolute atomic E-state index is 12.2. The lowest BCUT2D eigenvalue weighted by atomic mass is 10.1. The second-order valence-electron chi connectivity index (χ2n) is 4.76. The number of hydrogen-bond acceptors (Lipinski definition) is 4. The molecule has 5 nitrogen and oxygen atoms in total. The molecule has 0 aliphatic heterocycles. The molecule has 0 unspecified atom stereocenters. The molecule has 0 saturated carbocycles. The minimum absolute atomic E-state index is 0.0790. The van der Waals surface area contributed by atoms with Crippen LogP contribution in [0.25, 0.3) is 0 Å². The molecule has 1 rings (SSSR count). The third kappa shape index (κ3) is 4.19. The average molecular weight is 286 g/mol. The largest absolute Gasteiger partial charge is 0.397 e. The number of nitrogens with two attached hydrogens (primary N) is 1. The van der Waals surface area contributed by atoms with Crippen LogP contribution in [0.1, 0.15) is 25.0 Å². The van der Waals surface area contributed by atoms with Crippen LogP contribution in [0.3, 0.4) is 0 Å². The Bertz CT molecular complexity index is 539.